The van der Waals surface area contributed by atoms with Crippen molar-refractivity contribution in [2.45, 2.75) is 13.8 Å². The molecule has 0 aliphatic carbocycles. The molecule has 0 radical (unpaired) electrons. The van der Waals surface area contributed by atoms with E-state index in [1.165, 1.54) is 6.20 Å². The third-order valence-electron chi connectivity index (χ3n) is 1.98. The summed E-state index contributed by atoms with van der Waals surface area (Å²) < 4.78 is 5.03. The fourth-order valence-corrected chi connectivity index (χ4v) is 1.66. The van der Waals surface area contributed by atoms with E-state index in [2.05, 4.69) is 15.1 Å². The maximum absolute atomic E-state index is 5.98. The van der Waals surface area contributed by atoms with Gasteiger partial charge in [0.15, 0.2) is 0 Å². The van der Waals surface area contributed by atoms with Gasteiger partial charge in [0.25, 0.3) is 0 Å². The van der Waals surface area contributed by atoms with Gasteiger partial charge in [-0.05, 0) is 25.4 Å². The van der Waals surface area contributed by atoms with Gasteiger partial charge in [-0.3, -0.25) is 0 Å². The molecule has 4 nitrogen and oxygen atoms in total. The Morgan fingerprint density at radius 2 is 2.00 bits per heavy atom. The molecule has 0 atom stereocenters. The molecule has 2 aromatic heterocycles. The quantitative estimate of drug-likeness (QED) is 0.723. The Bertz CT molecular complexity index is 491. The van der Waals surface area contributed by atoms with Crippen LogP contribution in [0.3, 0.4) is 0 Å². The Hall–Kier alpha value is -1.13. The number of rotatable bonds is 1. The molecule has 0 fully saturated rings. The molecule has 0 saturated heterocycles. The summed E-state index contributed by atoms with van der Waals surface area (Å²) >= 11 is 11.7. The summed E-state index contributed by atoms with van der Waals surface area (Å²) in [5.41, 5.74) is 2.04. The Morgan fingerprint density at radius 3 is 2.60 bits per heavy atom. The van der Waals surface area contributed by atoms with Crippen molar-refractivity contribution < 1.29 is 4.52 Å². The smallest absolute Gasteiger partial charge is 0.222 e. The molecule has 0 unspecified atom stereocenters. The van der Waals surface area contributed by atoms with Crippen LogP contribution in [0.4, 0.5) is 0 Å². The second kappa shape index (κ2) is 3.79. The molecule has 6 heteroatoms. The molecule has 0 aromatic carbocycles. The van der Waals surface area contributed by atoms with Crippen LogP contribution in [-0.4, -0.2) is 15.1 Å². The van der Waals surface area contributed by atoms with E-state index in [0.717, 1.165) is 11.3 Å². The molecule has 2 heterocycles. The van der Waals surface area contributed by atoms with Gasteiger partial charge in [0.1, 0.15) is 5.76 Å². The van der Waals surface area contributed by atoms with Crippen molar-refractivity contribution in [3.63, 3.8) is 0 Å². The molecule has 0 aliphatic heterocycles. The van der Waals surface area contributed by atoms with Crippen molar-refractivity contribution in [2.24, 2.45) is 0 Å². The van der Waals surface area contributed by atoms with Gasteiger partial charge < -0.3 is 4.52 Å². The zero-order chi connectivity index (χ0) is 11.0. The van der Waals surface area contributed by atoms with Gasteiger partial charge in [-0.25, -0.2) is 9.97 Å². The van der Waals surface area contributed by atoms with Gasteiger partial charge in [-0.2, -0.15) is 0 Å². The van der Waals surface area contributed by atoms with Crippen LogP contribution in [0.5, 0.6) is 0 Å². The number of hydrogen-bond donors (Lipinski definition) is 0. The van der Waals surface area contributed by atoms with Gasteiger partial charge in [0.2, 0.25) is 5.28 Å². The molecule has 0 N–H and O–H groups in total. The van der Waals surface area contributed by atoms with Crippen LogP contribution in [0.15, 0.2) is 10.7 Å². The molecule has 78 valence electrons. The molecular weight excluding hydrogens is 237 g/mol. The molecular formula is C9H7Cl2N3O. The van der Waals surface area contributed by atoms with Crippen LogP contribution in [0.2, 0.25) is 10.3 Å². The standard InChI is InChI=1S/C9H7Cl2N3O/c1-4-7(5(2)15-14-4)8-6(10)3-12-9(11)13-8/h3H,1-2H3. The first-order valence-electron chi connectivity index (χ1n) is 4.21. The Labute approximate surface area is 96.2 Å². The lowest BCUT2D eigenvalue weighted by atomic mass is 10.1. The highest BCUT2D eigenvalue weighted by Gasteiger charge is 2.16. The van der Waals surface area contributed by atoms with Crippen molar-refractivity contribution in [1.82, 2.24) is 15.1 Å². The van der Waals surface area contributed by atoms with E-state index in [0.29, 0.717) is 16.5 Å². The zero-order valence-electron chi connectivity index (χ0n) is 8.08. The maximum Gasteiger partial charge on any atom is 0.222 e. The molecule has 2 rings (SSSR count). The van der Waals surface area contributed by atoms with Crippen molar-refractivity contribution in [2.75, 3.05) is 0 Å². The SMILES string of the molecule is Cc1noc(C)c1-c1nc(Cl)ncc1Cl. The molecule has 15 heavy (non-hydrogen) atoms. The van der Waals surface area contributed by atoms with E-state index >= 15 is 0 Å². The topological polar surface area (TPSA) is 51.8 Å². The first-order valence-corrected chi connectivity index (χ1v) is 4.96. The number of hydrogen-bond acceptors (Lipinski definition) is 4. The summed E-state index contributed by atoms with van der Waals surface area (Å²) in [7, 11) is 0. The number of aryl methyl sites for hydroxylation is 2. The minimum absolute atomic E-state index is 0.148. The van der Waals surface area contributed by atoms with E-state index < -0.39 is 0 Å². The fraction of sp³-hybridized carbons (Fsp3) is 0.222. The summed E-state index contributed by atoms with van der Waals surface area (Å²) in [5.74, 6) is 0.657. The third kappa shape index (κ3) is 1.82. The molecule has 0 amide bonds. The first-order chi connectivity index (χ1) is 7.09. The Morgan fingerprint density at radius 1 is 1.27 bits per heavy atom. The van der Waals surface area contributed by atoms with E-state index in [1.807, 2.05) is 6.92 Å². The summed E-state index contributed by atoms with van der Waals surface area (Å²) in [6.07, 6.45) is 1.46. The number of aromatic nitrogens is 3. The van der Waals surface area contributed by atoms with Gasteiger partial charge in [-0.1, -0.05) is 16.8 Å². The summed E-state index contributed by atoms with van der Waals surface area (Å²) in [4.78, 5) is 7.84. The van der Waals surface area contributed by atoms with Crippen LogP contribution < -0.4 is 0 Å². The number of nitrogens with zero attached hydrogens (tertiary/aromatic N) is 3. The normalized spacial score (nSPS) is 10.7. The maximum atomic E-state index is 5.98. The van der Waals surface area contributed by atoms with Crippen LogP contribution in [0.1, 0.15) is 11.5 Å². The van der Waals surface area contributed by atoms with Crippen LogP contribution in [0, 0.1) is 13.8 Å². The molecule has 2 aromatic rings. The van der Waals surface area contributed by atoms with Crippen LogP contribution in [0.25, 0.3) is 11.3 Å². The van der Waals surface area contributed by atoms with E-state index in [4.69, 9.17) is 27.7 Å². The van der Waals surface area contributed by atoms with Gasteiger partial charge in [0, 0.05) is 0 Å². The molecule has 0 bridgehead atoms. The summed E-state index contributed by atoms with van der Waals surface area (Å²) in [6, 6.07) is 0. The minimum atomic E-state index is 0.148. The predicted octanol–water partition coefficient (Wildman–Crippen LogP) is 3.06. The summed E-state index contributed by atoms with van der Waals surface area (Å²) in [5, 5.41) is 4.40. The van der Waals surface area contributed by atoms with Crippen molar-refractivity contribution in [3.8, 4) is 11.3 Å². The highest BCUT2D eigenvalue weighted by Crippen LogP contribution is 2.31. The lowest BCUT2D eigenvalue weighted by Crippen LogP contribution is -1.90. The van der Waals surface area contributed by atoms with Gasteiger partial charge in [0.05, 0.1) is 28.2 Å². The van der Waals surface area contributed by atoms with Gasteiger partial charge in [-0.15, -0.1) is 0 Å². The Kier molecular flexibility index (Phi) is 2.63. The molecule has 0 aliphatic rings. The lowest BCUT2D eigenvalue weighted by molar-refractivity contribution is 0.393. The average Bonchev–Trinajstić information content (AvgIpc) is 2.51. The predicted molar refractivity (Wildman–Crippen MR) is 57.0 cm³/mol. The van der Waals surface area contributed by atoms with E-state index in [1.54, 1.807) is 6.92 Å². The second-order valence-electron chi connectivity index (χ2n) is 3.03. The monoisotopic (exact) mass is 243 g/mol. The van der Waals surface area contributed by atoms with E-state index in [-0.39, 0.29) is 5.28 Å². The molecule has 0 spiro atoms. The first kappa shape index (κ1) is 10.4. The third-order valence-corrected chi connectivity index (χ3v) is 2.44. The van der Waals surface area contributed by atoms with E-state index in [9.17, 15) is 0 Å². The highest BCUT2D eigenvalue weighted by atomic mass is 35.5. The average molecular weight is 244 g/mol. The number of halogens is 2. The lowest BCUT2D eigenvalue weighted by Gasteiger charge is -2.01. The van der Waals surface area contributed by atoms with Crippen molar-refractivity contribution >= 4 is 23.2 Å². The zero-order valence-corrected chi connectivity index (χ0v) is 9.60. The van der Waals surface area contributed by atoms with Crippen molar-refractivity contribution in [3.05, 3.63) is 28.0 Å². The summed E-state index contributed by atoms with van der Waals surface area (Å²) in [6.45, 7) is 3.61. The fourth-order valence-electron chi connectivity index (χ4n) is 1.34. The molecule has 0 saturated carbocycles. The second-order valence-corrected chi connectivity index (χ2v) is 3.78. The largest absolute Gasteiger partial charge is 0.361 e. The minimum Gasteiger partial charge on any atom is -0.361 e. The Balaban J connectivity index is 2.68. The van der Waals surface area contributed by atoms with Crippen LogP contribution in [-0.2, 0) is 0 Å². The van der Waals surface area contributed by atoms with Crippen molar-refractivity contribution in [1.29, 1.82) is 0 Å². The van der Waals surface area contributed by atoms with Gasteiger partial charge >= 0.3 is 0 Å². The highest BCUT2D eigenvalue weighted by molar-refractivity contribution is 6.33. The van der Waals surface area contributed by atoms with Crippen LogP contribution >= 0.6 is 23.2 Å².